The van der Waals surface area contributed by atoms with E-state index in [0.717, 1.165) is 36.8 Å². The minimum atomic E-state index is -4.71. The van der Waals surface area contributed by atoms with Gasteiger partial charge in [0, 0.05) is 19.5 Å². The Kier molecular flexibility index (Phi) is 10.9. The first-order valence-electron chi connectivity index (χ1n) is 13.2. The molecule has 0 aromatic heterocycles. The Labute approximate surface area is 239 Å². The average Bonchev–Trinajstić information content (AvgIpc) is 2.93. The molecule has 0 heterocycles. The third-order valence-corrected chi connectivity index (χ3v) is 7.58. The van der Waals surface area contributed by atoms with E-state index in [9.17, 15) is 31.2 Å². The number of anilines is 1. The van der Waals surface area contributed by atoms with Crippen LogP contribution in [0.4, 0.5) is 18.9 Å². The Morgan fingerprint density at radius 3 is 2.07 bits per heavy atom. The van der Waals surface area contributed by atoms with Crippen molar-refractivity contribution in [1.29, 1.82) is 0 Å². The molecule has 220 valence electrons. The number of benzene rings is 3. The summed E-state index contributed by atoms with van der Waals surface area (Å²) in [5, 5.41) is 2.87. The Bertz CT molecular complexity index is 1400. The van der Waals surface area contributed by atoms with Crippen molar-refractivity contribution in [3.63, 3.8) is 0 Å². The van der Waals surface area contributed by atoms with E-state index in [2.05, 4.69) is 5.32 Å². The van der Waals surface area contributed by atoms with E-state index in [-0.39, 0.29) is 18.7 Å². The zero-order valence-electron chi connectivity index (χ0n) is 23.0. The monoisotopic (exact) mass is 589 g/mol. The van der Waals surface area contributed by atoms with Crippen molar-refractivity contribution < 1.29 is 31.2 Å². The van der Waals surface area contributed by atoms with Gasteiger partial charge in [-0.3, -0.25) is 13.9 Å². The van der Waals surface area contributed by atoms with Gasteiger partial charge in [0.25, 0.3) is 0 Å². The number of hydrogen-bond donors (Lipinski definition) is 1. The summed E-state index contributed by atoms with van der Waals surface area (Å²) in [6.07, 6.45) is -2.16. The molecule has 2 amide bonds. The molecule has 1 N–H and O–H groups in total. The normalized spacial score (nSPS) is 12.4. The Balaban J connectivity index is 2.04. The lowest BCUT2D eigenvalue weighted by atomic mass is 10.0. The van der Waals surface area contributed by atoms with Crippen LogP contribution in [-0.4, -0.2) is 50.5 Å². The van der Waals surface area contributed by atoms with Crippen molar-refractivity contribution >= 4 is 27.5 Å². The quantitative estimate of drug-likeness (QED) is 0.284. The number of sulfonamides is 1. The van der Waals surface area contributed by atoms with Crippen molar-refractivity contribution in [2.75, 3.05) is 23.7 Å². The first-order chi connectivity index (χ1) is 19.4. The van der Waals surface area contributed by atoms with Gasteiger partial charge in [0.1, 0.15) is 12.6 Å². The average molecular weight is 590 g/mol. The van der Waals surface area contributed by atoms with Gasteiger partial charge >= 0.3 is 6.18 Å². The fourth-order valence-electron chi connectivity index (χ4n) is 4.29. The summed E-state index contributed by atoms with van der Waals surface area (Å²) in [6, 6.07) is 20.8. The second-order valence-electron chi connectivity index (χ2n) is 9.68. The van der Waals surface area contributed by atoms with Gasteiger partial charge in [-0.2, -0.15) is 13.2 Å². The molecule has 1 atom stereocenters. The van der Waals surface area contributed by atoms with Gasteiger partial charge in [-0.15, -0.1) is 0 Å². The maximum atomic E-state index is 13.9. The zero-order chi connectivity index (χ0) is 30.0. The molecule has 3 aromatic carbocycles. The van der Waals surface area contributed by atoms with Crippen LogP contribution in [0.2, 0.25) is 0 Å². The topological polar surface area (TPSA) is 86.8 Å². The van der Waals surface area contributed by atoms with E-state index in [1.807, 2.05) is 37.3 Å². The van der Waals surface area contributed by atoms with Gasteiger partial charge in [0.2, 0.25) is 21.8 Å². The number of unbranched alkanes of at least 4 members (excludes halogenated alkanes) is 1. The molecular weight excluding hydrogens is 555 g/mol. The van der Waals surface area contributed by atoms with Gasteiger partial charge in [-0.1, -0.05) is 80.1 Å². The molecule has 11 heteroatoms. The Hall–Kier alpha value is -3.86. The highest BCUT2D eigenvalue weighted by Crippen LogP contribution is 2.32. The number of nitrogens with zero attached hydrogens (tertiary/aromatic N) is 2. The molecule has 0 saturated carbocycles. The van der Waals surface area contributed by atoms with Gasteiger partial charge in [-0.25, -0.2) is 8.42 Å². The van der Waals surface area contributed by atoms with Crippen molar-refractivity contribution in [2.45, 2.75) is 44.9 Å². The fraction of sp³-hybridized carbons (Fsp3) is 0.333. The number of alkyl halides is 3. The van der Waals surface area contributed by atoms with Crippen LogP contribution in [0.25, 0.3) is 0 Å². The summed E-state index contributed by atoms with van der Waals surface area (Å²) >= 11 is 0. The maximum absolute atomic E-state index is 13.9. The maximum Gasteiger partial charge on any atom is 0.416 e. The van der Waals surface area contributed by atoms with Crippen LogP contribution in [0.3, 0.4) is 0 Å². The molecule has 41 heavy (non-hydrogen) atoms. The molecule has 7 nitrogen and oxygen atoms in total. The van der Waals surface area contributed by atoms with Crippen LogP contribution in [0.5, 0.6) is 0 Å². The first-order valence-corrected chi connectivity index (χ1v) is 15.0. The molecule has 1 unspecified atom stereocenters. The van der Waals surface area contributed by atoms with E-state index in [4.69, 9.17) is 0 Å². The van der Waals surface area contributed by atoms with Crippen LogP contribution in [0.1, 0.15) is 36.5 Å². The van der Waals surface area contributed by atoms with Crippen LogP contribution >= 0.6 is 0 Å². The SMILES string of the molecule is CCCCNC(=O)C(Cc1ccccc1)N(Cc1ccccc1)C(=O)CN(c1cccc(C(F)(F)F)c1)S(C)(=O)=O. The lowest BCUT2D eigenvalue weighted by Gasteiger charge is -2.33. The molecular formula is C30H34F3N3O4S. The number of amides is 2. The summed E-state index contributed by atoms with van der Waals surface area (Å²) in [5.41, 5.74) is 0.133. The second kappa shape index (κ2) is 14.2. The molecule has 0 radical (unpaired) electrons. The predicted octanol–water partition coefficient (Wildman–Crippen LogP) is 5.03. The fourth-order valence-corrected chi connectivity index (χ4v) is 5.13. The van der Waals surface area contributed by atoms with E-state index < -0.39 is 46.2 Å². The van der Waals surface area contributed by atoms with Gasteiger partial charge < -0.3 is 10.2 Å². The number of hydrogen-bond acceptors (Lipinski definition) is 4. The Morgan fingerprint density at radius 1 is 0.902 bits per heavy atom. The standard InChI is InChI=1S/C30H34F3N3O4S/c1-3-4-18-34-29(38)27(19-23-12-7-5-8-13-23)35(21-24-14-9-6-10-15-24)28(37)22-36(41(2,39)40)26-17-11-16-25(20-26)30(31,32)33/h5-17,20,27H,3-4,18-19,21-22H2,1-2H3,(H,34,38). The summed E-state index contributed by atoms with van der Waals surface area (Å²) in [5.74, 6) is -1.14. The first kappa shape index (κ1) is 31.7. The molecule has 3 aromatic rings. The number of nitrogens with one attached hydrogen (secondary N) is 1. The molecule has 0 spiro atoms. The van der Waals surface area contributed by atoms with Gasteiger partial charge in [0.05, 0.1) is 17.5 Å². The highest BCUT2D eigenvalue weighted by molar-refractivity contribution is 7.92. The zero-order valence-corrected chi connectivity index (χ0v) is 23.8. The summed E-state index contributed by atoms with van der Waals surface area (Å²) in [7, 11) is -4.19. The number of halogens is 3. The molecule has 0 saturated heterocycles. The summed E-state index contributed by atoms with van der Waals surface area (Å²) in [4.78, 5) is 28.7. The van der Waals surface area contributed by atoms with Crippen LogP contribution in [0, 0.1) is 0 Å². The van der Waals surface area contributed by atoms with Crippen molar-refractivity contribution in [3.05, 3.63) is 102 Å². The number of carbonyl (C=O) groups is 2. The van der Waals surface area contributed by atoms with Crippen LogP contribution in [0.15, 0.2) is 84.9 Å². The minimum Gasteiger partial charge on any atom is -0.354 e. The van der Waals surface area contributed by atoms with Crippen molar-refractivity contribution in [3.8, 4) is 0 Å². The molecule has 0 fully saturated rings. The summed E-state index contributed by atoms with van der Waals surface area (Å²) in [6.45, 7) is 1.57. The molecule has 0 bridgehead atoms. The molecule has 0 aliphatic rings. The lowest BCUT2D eigenvalue weighted by molar-refractivity contribution is -0.140. The third kappa shape index (κ3) is 9.34. The van der Waals surface area contributed by atoms with Crippen LogP contribution < -0.4 is 9.62 Å². The third-order valence-electron chi connectivity index (χ3n) is 6.44. The van der Waals surface area contributed by atoms with Crippen molar-refractivity contribution in [2.24, 2.45) is 0 Å². The molecule has 0 aliphatic carbocycles. The van der Waals surface area contributed by atoms with E-state index in [1.165, 1.54) is 11.0 Å². The Morgan fingerprint density at radius 2 is 1.51 bits per heavy atom. The molecule has 0 aliphatic heterocycles. The number of carbonyl (C=O) groups excluding carboxylic acids is 2. The number of rotatable bonds is 13. The van der Waals surface area contributed by atoms with E-state index in [1.54, 1.807) is 30.3 Å². The van der Waals surface area contributed by atoms with Gasteiger partial charge in [0.15, 0.2) is 0 Å². The van der Waals surface area contributed by atoms with E-state index in [0.29, 0.717) is 22.5 Å². The largest absolute Gasteiger partial charge is 0.416 e. The lowest BCUT2D eigenvalue weighted by Crippen LogP contribution is -2.53. The van der Waals surface area contributed by atoms with Crippen molar-refractivity contribution in [1.82, 2.24) is 10.2 Å². The smallest absolute Gasteiger partial charge is 0.354 e. The summed E-state index contributed by atoms with van der Waals surface area (Å²) < 4.78 is 66.4. The van der Waals surface area contributed by atoms with Gasteiger partial charge in [-0.05, 0) is 35.7 Å². The predicted molar refractivity (Wildman–Crippen MR) is 152 cm³/mol. The van der Waals surface area contributed by atoms with Crippen LogP contribution in [-0.2, 0) is 38.8 Å². The van der Waals surface area contributed by atoms with E-state index >= 15 is 0 Å². The minimum absolute atomic E-state index is 0.0153. The highest BCUT2D eigenvalue weighted by Gasteiger charge is 2.35. The highest BCUT2D eigenvalue weighted by atomic mass is 32.2. The molecule has 3 rings (SSSR count). The second-order valence-corrected chi connectivity index (χ2v) is 11.6.